The van der Waals surface area contributed by atoms with Gasteiger partial charge < -0.3 is 20.5 Å². The molecule has 7 heteroatoms. The standard InChI is InChI=1S/C19H26N6O/c1-20-19(22-11-10-21-18(26)15-8-9-15)25(2)13-17-23-12-16(24-17)14-6-4-3-5-7-14/h3-7,12,15H,8-11,13H2,1-2H3,(H,20,22)(H,21,26)(H,23,24). The first-order chi connectivity index (χ1) is 12.7. The molecule has 0 aliphatic heterocycles. The molecule has 0 radical (unpaired) electrons. The highest BCUT2D eigenvalue weighted by atomic mass is 16.2. The van der Waals surface area contributed by atoms with Crippen LogP contribution in [0.5, 0.6) is 0 Å². The minimum Gasteiger partial charge on any atom is -0.354 e. The van der Waals surface area contributed by atoms with Crippen LogP contribution in [0.4, 0.5) is 0 Å². The van der Waals surface area contributed by atoms with Gasteiger partial charge in [-0.2, -0.15) is 0 Å². The van der Waals surface area contributed by atoms with E-state index in [0.29, 0.717) is 19.6 Å². The van der Waals surface area contributed by atoms with Crippen LogP contribution in [0.25, 0.3) is 11.3 Å². The van der Waals surface area contributed by atoms with Crippen LogP contribution in [-0.2, 0) is 11.3 Å². The number of imidazole rings is 1. The maximum Gasteiger partial charge on any atom is 0.223 e. The Bertz CT molecular complexity index is 750. The molecule has 2 aromatic rings. The van der Waals surface area contributed by atoms with E-state index in [2.05, 4.69) is 37.7 Å². The second kappa shape index (κ2) is 8.51. The number of hydrogen-bond acceptors (Lipinski definition) is 3. The summed E-state index contributed by atoms with van der Waals surface area (Å²) in [6, 6.07) is 10.1. The summed E-state index contributed by atoms with van der Waals surface area (Å²) < 4.78 is 0. The Balaban J connectivity index is 1.47. The number of hydrogen-bond donors (Lipinski definition) is 3. The number of H-pyrrole nitrogens is 1. The molecule has 0 bridgehead atoms. The average Bonchev–Trinajstić information content (AvgIpc) is 3.42. The SMILES string of the molecule is CN=C(NCCNC(=O)C1CC1)N(C)Cc1ncc(-c2ccccc2)[nH]1. The molecule has 1 amide bonds. The van der Waals surface area contributed by atoms with Crippen molar-refractivity contribution in [3.63, 3.8) is 0 Å². The molecular weight excluding hydrogens is 328 g/mol. The molecule has 138 valence electrons. The normalized spacial score (nSPS) is 14.2. The summed E-state index contributed by atoms with van der Waals surface area (Å²) in [6.07, 6.45) is 3.90. The predicted molar refractivity (Wildman–Crippen MR) is 103 cm³/mol. The Kier molecular flexibility index (Phi) is 5.88. The molecule has 1 saturated carbocycles. The molecule has 3 N–H and O–H groups in total. The number of aliphatic imine (C=N–C) groups is 1. The third-order valence-electron chi connectivity index (χ3n) is 4.33. The topological polar surface area (TPSA) is 85.4 Å². The molecule has 26 heavy (non-hydrogen) atoms. The summed E-state index contributed by atoms with van der Waals surface area (Å²) in [5.74, 6) is 2.05. The summed E-state index contributed by atoms with van der Waals surface area (Å²) in [6.45, 7) is 1.85. The lowest BCUT2D eigenvalue weighted by Gasteiger charge is -2.21. The van der Waals surface area contributed by atoms with Crippen molar-refractivity contribution in [1.82, 2.24) is 25.5 Å². The number of carbonyl (C=O) groups excluding carboxylic acids is 1. The van der Waals surface area contributed by atoms with Crippen LogP contribution >= 0.6 is 0 Å². The van der Waals surface area contributed by atoms with Crippen LogP contribution in [0, 0.1) is 5.92 Å². The molecule has 0 unspecified atom stereocenters. The van der Waals surface area contributed by atoms with Crippen LogP contribution in [0.15, 0.2) is 41.5 Å². The summed E-state index contributed by atoms with van der Waals surface area (Å²) in [5, 5.41) is 6.20. The number of benzene rings is 1. The van der Waals surface area contributed by atoms with E-state index in [0.717, 1.165) is 35.9 Å². The van der Waals surface area contributed by atoms with Gasteiger partial charge in [-0.25, -0.2) is 4.98 Å². The van der Waals surface area contributed by atoms with Gasteiger partial charge in [-0.05, 0) is 18.4 Å². The van der Waals surface area contributed by atoms with Crippen molar-refractivity contribution in [3.05, 3.63) is 42.4 Å². The number of rotatable bonds is 7. The lowest BCUT2D eigenvalue weighted by molar-refractivity contribution is -0.122. The van der Waals surface area contributed by atoms with Gasteiger partial charge in [0.1, 0.15) is 5.82 Å². The maximum atomic E-state index is 11.6. The van der Waals surface area contributed by atoms with Crippen LogP contribution in [0.3, 0.4) is 0 Å². The van der Waals surface area contributed by atoms with Crippen molar-refractivity contribution in [1.29, 1.82) is 0 Å². The zero-order chi connectivity index (χ0) is 18.4. The first kappa shape index (κ1) is 18.0. The van der Waals surface area contributed by atoms with Gasteiger partial charge in [-0.15, -0.1) is 0 Å². The molecule has 1 aromatic heterocycles. The Morgan fingerprint density at radius 1 is 1.27 bits per heavy atom. The van der Waals surface area contributed by atoms with Crippen LogP contribution in [0.1, 0.15) is 18.7 Å². The maximum absolute atomic E-state index is 11.6. The van der Waals surface area contributed by atoms with Gasteiger partial charge >= 0.3 is 0 Å². The molecule has 1 aliphatic carbocycles. The van der Waals surface area contributed by atoms with E-state index in [9.17, 15) is 4.79 Å². The zero-order valence-electron chi connectivity index (χ0n) is 15.3. The van der Waals surface area contributed by atoms with Gasteiger partial charge in [0.05, 0.1) is 18.4 Å². The second-order valence-corrected chi connectivity index (χ2v) is 6.50. The third kappa shape index (κ3) is 4.84. The molecule has 1 aromatic carbocycles. The second-order valence-electron chi connectivity index (χ2n) is 6.50. The first-order valence-electron chi connectivity index (χ1n) is 8.96. The fraction of sp³-hybridized carbons (Fsp3) is 0.421. The molecule has 1 fully saturated rings. The van der Waals surface area contributed by atoms with Crippen molar-refractivity contribution in [3.8, 4) is 11.3 Å². The van der Waals surface area contributed by atoms with Gasteiger partial charge in [-0.1, -0.05) is 30.3 Å². The summed E-state index contributed by atoms with van der Waals surface area (Å²) in [7, 11) is 3.71. The molecule has 0 saturated heterocycles. The zero-order valence-corrected chi connectivity index (χ0v) is 15.3. The van der Waals surface area contributed by atoms with Crippen molar-refractivity contribution in [2.75, 3.05) is 27.2 Å². The number of guanidine groups is 1. The first-order valence-corrected chi connectivity index (χ1v) is 8.96. The highest BCUT2D eigenvalue weighted by Gasteiger charge is 2.28. The monoisotopic (exact) mass is 354 g/mol. The fourth-order valence-electron chi connectivity index (χ4n) is 2.74. The number of nitrogens with zero attached hydrogens (tertiary/aromatic N) is 3. The number of aromatic nitrogens is 2. The van der Waals surface area contributed by atoms with E-state index in [1.165, 1.54) is 0 Å². The molecule has 1 aliphatic rings. The highest BCUT2D eigenvalue weighted by Crippen LogP contribution is 2.28. The van der Waals surface area contributed by atoms with E-state index in [4.69, 9.17) is 0 Å². The van der Waals surface area contributed by atoms with Crippen LogP contribution < -0.4 is 10.6 Å². The lowest BCUT2D eigenvalue weighted by Crippen LogP contribution is -2.42. The van der Waals surface area contributed by atoms with Crippen LogP contribution in [-0.4, -0.2) is 53.9 Å². The average molecular weight is 354 g/mol. The van der Waals surface area contributed by atoms with Crippen molar-refractivity contribution in [2.24, 2.45) is 10.9 Å². The van der Waals surface area contributed by atoms with Gasteiger partial charge in [0, 0.05) is 33.1 Å². The van der Waals surface area contributed by atoms with Gasteiger partial charge in [0.25, 0.3) is 0 Å². The molecule has 0 atom stereocenters. The Morgan fingerprint density at radius 3 is 2.69 bits per heavy atom. The fourth-order valence-corrected chi connectivity index (χ4v) is 2.74. The highest BCUT2D eigenvalue weighted by molar-refractivity contribution is 5.81. The lowest BCUT2D eigenvalue weighted by atomic mass is 10.2. The number of carbonyl (C=O) groups is 1. The molecule has 7 nitrogen and oxygen atoms in total. The van der Waals surface area contributed by atoms with E-state index in [1.807, 2.05) is 36.3 Å². The van der Waals surface area contributed by atoms with Crippen LogP contribution in [0.2, 0.25) is 0 Å². The quantitative estimate of drug-likeness (QED) is 0.401. The minimum absolute atomic E-state index is 0.166. The van der Waals surface area contributed by atoms with Crippen molar-refractivity contribution in [2.45, 2.75) is 19.4 Å². The van der Waals surface area contributed by atoms with Gasteiger partial charge in [-0.3, -0.25) is 9.79 Å². The largest absolute Gasteiger partial charge is 0.354 e. The summed E-state index contributed by atoms with van der Waals surface area (Å²) in [4.78, 5) is 25.7. The van der Waals surface area contributed by atoms with Crippen molar-refractivity contribution < 1.29 is 4.79 Å². The van der Waals surface area contributed by atoms with Crippen molar-refractivity contribution >= 4 is 11.9 Å². The molecule has 1 heterocycles. The molecule has 3 rings (SSSR count). The number of nitrogens with one attached hydrogen (secondary N) is 3. The summed E-state index contributed by atoms with van der Waals surface area (Å²) >= 11 is 0. The van der Waals surface area contributed by atoms with E-state index < -0.39 is 0 Å². The summed E-state index contributed by atoms with van der Waals surface area (Å²) in [5.41, 5.74) is 2.11. The van der Waals surface area contributed by atoms with E-state index in [-0.39, 0.29) is 11.8 Å². The van der Waals surface area contributed by atoms with Gasteiger partial charge in [0.2, 0.25) is 5.91 Å². The number of amides is 1. The minimum atomic E-state index is 0.166. The third-order valence-corrected chi connectivity index (χ3v) is 4.33. The Morgan fingerprint density at radius 2 is 2.00 bits per heavy atom. The Hall–Kier alpha value is -2.83. The van der Waals surface area contributed by atoms with E-state index >= 15 is 0 Å². The number of aromatic amines is 1. The Labute approximate surface area is 153 Å². The molecule has 0 spiro atoms. The predicted octanol–water partition coefficient (Wildman–Crippen LogP) is 1.61. The van der Waals surface area contributed by atoms with E-state index in [1.54, 1.807) is 7.05 Å². The smallest absolute Gasteiger partial charge is 0.223 e. The molecular formula is C19H26N6O. The van der Waals surface area contributed by atoms with Gasteiger partial charge in [0.15, 0.2) is 5.96 Å².